The van der Waals surface area contributed by atoms with Gasteiger partial charge >= 0.3 is 0 Å². The van der Waals surface area contributed by atoms with Crippen LogP contribution in [-0.4, -0.2) is 0 Å². The molecular weight excluding hydrogens is 235 g/mol. The summed E-state index contributed by atoms with van der Waals surface area (Å²) in [6.45, 7) is 0. The average molecular weight is 244 g/mol. The molecule has 0 spiro atoms. The Morgan fingerprint density at radius 3 is 2.27 bits per heavy atom. The molecule has 0 aliphatic rings. The van der Waals surface area contributed by atoms with Gasteiger partial charge in [0, 0.05) is 20.4 Å². The number of anilines is 1. The van der Waals surface area contributed by atoms with Gasteiger partial charge in [0.1, 0.15) is 0 Å². The second kappa shape index (κ2) is 6.28. The van der Waals surface area contributed by atoms with Gasteiger partial charge in [-0.1, -0.05) is 18.2 Å². The molecule has 0 aromatic heterocycles. The molecule has 0 radical (unpaired) electrons. The van der Waals surface area contributed by atoms with Gasteiger partial charge in [0.2, 0.25) is 0 Å². The van der Waals surface area contributed by atoms with Crippen molar-refractivity contribution < 1.29 is 20.4 Å². The monoisotopic (exact) mass is 243 g/mol. The third-order valence-corrected chi connectivity index (χ3v) is 1.04. The van der Waals surface area contributed by atoms with Gasteiger partial charge in [0.05, 0.1) is 5.69 Å². The van der Waals surface area contributed by atoms with Gasteiger partial charge < -0.3 is 16.8 Å². The summed E-state index contributed by atoms with van der Waals surface area (Å²) >= 11 is 0. The van der Waals surface area contributed by atoms with Crippen molar-refractivity contribution >= 4 is 5.69 Å². The molecule has 0 aliphatic carbocycles. The molecule has 0 aliphatic heterocycles. The Labute approximate surface area is 79.1 Å². The summed E-state index contributed by atoms with van der Waals surface area (Å²) in [5.74, 6) is 6.53. The number of hydrogen-bond acceptors (Lipinski definition) is 3. The third-order valence-electron chi connectivity index (χ3n) is 1.04. The smallest absolute Gasteiger partial charge is 0.0500 e. The van der Waals surface area contributed by atoms with E-state index in [2.05, 4.69) is 11.0 Å². The van der Waals surface area contributed by atoms with E-state index < -0.39 is 0 Å². The van der Waals surface area contributed by atoms with Crippen molar-refractivity contribution in [3.05, 3.63) is 36.2 Å². The molecule has 0 atom stereocenters. The van der Waals surface area contributed by atoms with Crippen LogP contribution in [0.1, 0.15) is 0 Å². The first-order valence-corrected chi connectivity index (χ1v) is 2.91. The topological polar surface area (TPSA) is 59.9 Å². The number of nitrogens with one attached hydrogen (secondary N) is 4. The molecule has 4 N–H and O–H groups in total. The van der Waals surface area contributed by atoms with Crippen molar-refractivity contribution in [1.29, 1.82) is 0 Å². The predicted molar refractivity (Wildman–Crippen MR) is 40.7 cm³/mol. The molecule has 0 saturated carbocycles. The van der Waals surface area contributed by atoms with Crippen LogP contribution in [0.15, 0.2) is 30.3 Å². The van der Waals surface area contributed by atoms with E-state index in [4.69, 9.17) is 5.84 Å². The minimum absolute atomic E-state index is 0. The molecule has 5 heteroatoms. The van der Waals surface area contributed by atoms with E-state index in [1.807, 2.05) is 35.9 Å². The number of hydrogen-bond donors (Lipinski definition) is 3. The first kappa shape index (κ1) is 10.6. The fourth-order valence-corrected chi connectivity index (χ4v) is 0.625. The Morgan fingerprint density at radius 1 is 1.09 bits per heavy atom. The summed E-state index contributed by atoms with van der Waals surface area (Å²) in [4.78, 5) is 0. The summed E-state index contributed by atoms with van der Waals surface area (Å²) in [6, 6.07) is 9.54. The number of hydrazine groups is 2. The number of rotatable bonds is 3. The normalized spacial score (nSPS) is 8.45. The van der Waals surface area contributed by atoms with Crippen LogP contribution in [0, 0.1) is 0 Å². The maximum atomic E-state index is 6.53. The van der Waals surface area contributed by atoms with Crippen molar-refractivity contribution in [2.45, 2.75) is 0 Å². The molecule has 0 fully saturated rings. The van der Waals surface area contributed by atoms with Crippen molar-refractivity contribution in [2.75, 3.05) is 5.43 Å². The molecule has 64 valence electrons. The zero-order valence-corrected chi connectivity index (χ0v) is 7.26. The van der Waals surface area contributed by atoms with E-state index in [0.29, 0.717) is 0 Å². The largest absolute Gasteiger partial charge is 0.596 e. The van der Waals surface area contributed by atoms with Crippen molar-refractivity contribution in [2.24, 2.45) is 0 Å². The molecule has 0 bridgehead atoms. The first-order valence-electron chi connectivity index (χ1n) is 2.91. The standard InChI is InChI=1S/C6H9N4.Pd/c7-9-10-8-6-4-2-1-3-5-6;/h1-5,7-10H;/q-1;. The van der Waals surface area contributed by atoms with E-state index in [0.717, 1.165) is 5.69 Å². The molecule has 0 unspecified atom stereocenters. The van der Waals surface area contributed by atoms with Crippen LogP contribution in [0.4, 0.5) is 5.69 Å². The molecule has 0 saturated heterocycles. The second-order valence-corrected chi connectivity index (χ2v) is 1.74. The predicted octanol–water partition coefficient (Wildman–Crippen LogP) is 1.07. The fraction of sp³-hybridized carbons (Fsp3) is 0. The minimum atomic E-state index is 0. The Morgan fingerprint density at radius 2 is 1.73 bits per heavy atom. The summed E-state index contributed by atoms with van der Waals surface area (Å²) in [7, 11) is 0. The SMILES string of the molecule is [NH-]NNNc1ccccc1.[Pd]. The zero-order chi connectivity index (χ0) is 7.23. The molecule has 1 aromatic carbocycles. The zero-order valence-electron chi connectivity index (χ0n) is 5.70. The van der Waals surface area contributed by atoms with Crippen LogP contribution in [0.3, 0.4) is 0 Å². The van der Waals surface area contributed by atoms with Crippen LogP contribution in [0.2, 0.25) is 0 Å². The Bertz CT molecular complexity index is 179. The van der Waals surface area contributed by atoms with Gasteiger partial charge in [-0.3, -0.25) is 0 Å². The number of para-hydroxylation sites is 1. The molecule has 0 amide bonds. The maximum absolute atomic E-state index is 6.53. The fourth-order valence-electron chi connectivity index (χ4n) is 0.625. The second-order valence-electron chi connectivity index (χ2n) is 1.74. The summed E-state index contributed by atoms with van der Waals surface area (Å²) < 4.78 is 0. The molecular formula is C6H9N4Pd-. The maximum Gasteiger partial charge on any atom is 0.0500 e. The Hall–Kier alpha value is -0.438. The first-order chi connectivity index (χ1) is 4.93. The summed E-state index contributed by atoms with van der Waals surface area (Å²) in [5, 5.41) is 0. The van der Waals surface area contributed by atoms with Crippen molar-refractivity contribution in [3.63, 3.8) is 0 Å². The van der Waals surface area contributed by atoms with E-state index >= 15 is 0 Å². The van der Waals surface area contributed by atoms with Crippen molar-refractivity contribution in [3.8, 4) is 0 Å². The van der Waals surface area contributed by atoms with E-state index in [1.54, 1.807) is 0 Å². The minimum Gasteiger partial charge on any atom is -0.596 e. The third kappa shape index (κ3) is 4.09. The van der Waals surface area contributed by atoms with E-state index in [9.17, 15) is 0 Å². The van der Waals surface area contributed by atoms with Gasteiger partial charge in [-0.25, -0.2) is 0 Å². The van der Waals surface area contributed by atoms with Gasteiger partial charge in [-0.05, 0) is 12.1 Å². The van der Waals surface area contributed by atoms with Gasteiger partial charge in [0.15, 0.2) is 0 Å². The van der Waals surface area contributed by atoms with Gasteiger partial charge in [-0.2, -0.15) is 5.53 Å². The van der Waals surface area contributed by atoms with Crippen LogP contribution >= 0.6 is 0 Å². The van der Waals surface area contributed by atoms with Crippen LogP contribution in [0.25, 0.3) is 5.84 Å². The van der Waals surface area contributed by atoms with Crippen LogP contribution < -0.4 is 16.5 Å². The van der Waals surface area contributed by atoms with Gasteiger partial charge in [0.25, 0.3) is 0 Å². The molecule has 11 heavy (non-hydrogen) atoms. The summed E-state index contributed by atoms with van der Waals surface area (Å²) in [5.41, 5.74) is 8.10. The number of benzene rings is 1. The van der Waals surface area contributed by atoms with Crippen LogP contribution in [-0.2, 0) is 20.4 Å². The average Bonchev–Trinajstić information content (AvgIpc) is 2.03. The molecule has 1 aromatic rings. The quantitative estimate of drug-likeness (QED) is 0.550. The molecule has 1 rings (SSSR count). The molecule has 4 nitrogen and oxygen atoms in total. The van der Waals surface area contributed by atoms with E-state index in [1.165, 1.54) is 0 Å². The molecule has 0 heterocycles. The Balaban J connectivity index is 0.000001000. The van der Waals surface area contributed by atoms with Crippen molar-refractivity contribution in [1.82, 2.24) is 11.1 Å². The van der Waals surface area contributed by atoms with E-state index in [-0.39, 0.29) is 20.4 Å². The van der Waals surface area contributed by atoms with Crippen LogP contribution in [0.5, 0.6) is 0 Å². The Kier molecular flexibility index (Phi) is 6.03. The van der Waals surface area contributed by atoms with Gasteiger partial charge in [-0.15, -0.1) is 0 Å². The summed E-state index contributed by atoms with van der Waals surface area (Å²) in [6.07, 6.45) is 0.